The first kappa shape index (κ1) is 11.0. The molecule has 1 N–H and O–H groups in total. The van der Waals surface area contributed by atoms with Gasteiger partial charge in [0.25, 0.3) is 0 Å². The summed E-state index contributed by atoms with van der Waals surface area (Å²) in [5, 5.41) is 9.38. The molecular weight excluding hydrogens is 162 g/mol. The first-order valence-corrected chi connectivity index (χ1v) is 5.55. The third kappa shape index (κ3) is 3.28. The molecule has 13 heavy (non-hydrogen) atoms. The summed E-state index contributed by atoms with van der Waals surface area (Å²) in [4.78, 5) is 2.54. The Kier molecular flexibility index (Phi) is 4.20. The number of hydrogen-bond donors (Lipinski definition) is 1. The first-order valence-electron chi connectivity index (χ1n) is 5.55. The fraction of sp³-hybridized carbons (Fsp3) is 1.00. The molecule has 0 bridgehead atoms. The lowest BCUT2D eigenvalue weighted by molar-refractivity contribution is 0.0658. The van der Waals surface area contributed by atoms with Crippen LogP contribution in [-0.4, -0.2) is 34.7 Å². The van der Waals surface area contributed by atoms with Gasteiger partial charge in [0.1, 0.15) is 0 Å². The molecule has 0 saturated carbocycles. The van der Waals surface area contributed by atoms with Crippen molar-refractivity contribution in [3.05, 3.63) is 0 Å². The molecule has 2 atom stereocenters. The summed E-state index contributed by atoms with van der Waals surface area (Å²) in [6.07, 6.45) is 4.72. The summed E-state index contributed by atoms with van der Waals surface area (Å²) in [6, 6.07) is 1.25. The van der Waals surface area contributed by atoms with Crippen LogP contribution >= 0.6 is 0 Å². The third-order valence-corrected chi connectivity index (χ3v) is 2.95. The number of hydrogen-bond acceptors (Lipinski definition) is 2. The normalized spacial score (nSPS) is 27.9. The van der Waals surface area contributed by atoms with E-state index in [0.717, 1.165) is 6.42 Å². The maximum absolute atomic E-state index is 9.38. The Balaban J connectivity index is 2.46. The van der Waals surface area contributed by atoms with E-state index < -0.39 is 0 Å². The summed E-state index contributed by atoms with van der Waals surface area (Å²) in [7, 11) is 0. The van der Waals surface area contributed by atoms with Gasteiger partial charge in [-0.25, -0.2) is 0 Å². The van der Waals surface area contributed by atoms with E-state index in [-0.39, 0.29) is 6.10 Å². The third-order valence-electron chi connectivity index (χ3n) is 2.95. The fourth-order valence-corrected chi connectivity index (χ4v) is 2.35. The van der Waals surface area contributed by atoms with Crippen molar-refractivity contribution in [3.63, 3.8) is 0 Å². The monoisotopic (exact) mass is 185 g/mol. The Bertz CT molecular complexity index is 145. The number of piperidine rings is 1. The van der Waals surface area contributed by atoms with Crippen LogP contribution in [-0.2, 0) is 0 Å². The first-order chi connectivity index (χ1) is 6.11. The molecule has 0 amide bonds. The van der Waals surface area contributed by atoms with Crippen molar-refractivity contribution in [1.29, 1.82) is 0 Å². The van der Waals surface area contributed by atoms with Crippen LogP contribution in [0.2, 0.25) is 0 Å². The lowest BCUT2D eigenvalue weighted by atomic mass is 9.96. The molecule has 2 heteroatoms. The lowest BCUT2D eigenvalue weighted by Crippen LogP contribution is -2.45. The van der Waals surface area contributed by atoms with Crippen LogP contribution in [0.5, 0.6) is 0 Å². The Morgan fingerprint density at radius 2 is 2.00 bits per heavy atom. The minimum Gasteiger partial charge on any atom is -0.393 e. The van der Waals surface area contributed by atoms with Crippen molar-refractivity contribution in [3.8, 4) is 0 Å². The molecule has 0 aromatic heterocycles. The molecule has 0 spiro atoms. The van der Waals surface area contributed by atoms with Crippen molar-refractivity contribution in [2.75, 3.05) is 6.54 Å². The van der Waals surface area contributed by atoms with Crippen molar-refractivity contribution in [1.82, 2.24) is 4.90 Å². The van der Waals surface area contributed by atoms with Gasteiger partial charge in [0, 0.05) is 12.1 Å². The van der Waals surface area contributed by atoms with E-state index >= 15 is 0 Å². The van der Waals surface area contributed by atoms with E-state index in [1.807, 2.05) is 6.92 Å². The SMILES string of the molecule is CC(O)CC1CCCCN1C(C)C. The van der Waals surface area contributed by atoms with E-state index in [4.69, 9.17) is 0 Å². The zero-order valence-corrected chi connectivity index (χ0v) is 9.16. The Morgan fingerprint density at radius 1 is 1.31 bits per heavy atom. The second-order valence-electron chi connectivity index (χ2n) is 4.57. The van der Waals surface area contributed by atoms with Gasteiger partial charge in [0.15, 0.2) is 0 Å². The van der Waals surface area contributed by atoms with Gasteiger partial charge in [0.05, 0.1) is 6.10 Å². The van der Waals surface area contributed by atoms with Gasteiger partial charge in [-0.2, -0.15) is 0 Å². The van der Waals surface area contributed by atoms with Gasteiger partial charge >= 0.3 is 0 Å². The summed E-state index contributed by atoms with van der Waals surface area (Å²) in [6.45, 7) is 7.61. The minimum absolute atomic E-state index is 0.149. The summed E-state index contributed by atoms with van der Waals surface area (Å²) >= 11 is 0. The summed E-state index contributed by atoms with van der Waals surface area (Å²) < 4.78 is 0. The molecular formula is C11H23NO. The number of likely N-dealkylation sites (tertiary alicyclic amines) is 1. The topological polar surface area (TPSA) is 23.5 Å². The van der Waals surface area contributed by atoms with Crippen LogP contribution in [0, 0.1) is 0 Å². The van der Waals surface area contributed by atoms with Crippen LogP contribution in [0.15, 0.2) is 0 Å². The van der Waals surface area contributed by atoms with Gasteiger partial charge in [0.2, 0.25) is 0 Å². The molecule has 2 nitrogen and oxygen atoms in total. The minimum atomic E-state index is -0.149. The zero-order valence-electron chi connectivity index (χ0n) is 9.16. The summed E-state index contributed by atoms with van der Waals surface area (Å²) in [5.74, 6) is 0. The smallest absolute Gasteiger partial charge is 0.0527 e. The summed E-state index contributed by atoms with van der Waals surface area (Å²) in [5.41, 5.74) is 0. The number of aliphatic hydroxyl groups excluding tert-OH is 1. The van der Waals surface area contributed by atoms with Gasteiger partial charge < -0.3 is 5.11 Å². The van der Waals surface area contributed by atoms with E-state index in [2.05, 4.69) is 18.7 Å². The average Bonchev–Trinajstić information content (AvgIpc) is 2.03. The average molecular weight is 185 g/mol. The lowest BCUT2D eigenvalue weighted by Gasteiger charge is -2.39. The van der Waals surface area contributed by atoms with E-state index in [9.17, 15) is 5.11 Å². The maximum Gasteiger partial charge on any atom is 0.0527 e. The van der Waals surface area contributed by atoms with E-state index in [1.54, 1.807) is 0 Å². The van der Waals surface area contributed by atoms with Gasteiger partial charge in [-0.05, 0) is 46.6 Å². The van der Waals surface area contributed by atoms with Gasteiger partial charge in [-0.1, -0.05) is 6.42 Å². The largest absolute Gasteiger partial charge is 0.393 e. The molecule has 1 heterocycles. The number of rotatable bonds is 3. The van der Waals surface area contributed by atoms with Gasteiger partial charge in [-0.3, -0.25) is 4.90 Å². The van der Waals surface area contributed by atoms with Gasteiger partial charge in [-0.15, -0.1) is 0 Å². The number of nitrogens with zero attached hydrogens (tertiary/aromatic N) is 1. The zero-order chi connectivity index (χ0) is 9.84. The molecule has 0 aliphatic carbocycles. The Morgan fingerprint density at radius 3 is 2.54 bits per heavy atom. The Labute approximate surface area is 81.9 Å². The highest BCUT2D eigenvalue weighted by atomic mass is 16.3. The predicted octanol–water partition coefficient (Wildman–Crippen LogP) is 2.02. The quantitative estimate of drug-likeness (QED) is 0.727. The molecule has 1 saturated heterocycles. The second kappa shape index (κ2) is 4.97. The molecule has 0 aromatic carbocycles. The van der Waals surface area contributed by atoms with Crippen LogP contribution in [0.1, 0.15) is 46.5 Å². The second-order valence-corrected chi connectivity index (χ2v) is 4.57. The molecule has 0 aromatic rings. The number of aliphatic hydroxyl groups is 1. The van der Waals surface area contributed by atoms with Crippen molar-refractivity contribution in [2.45, 2.75) is 64.6 Å². The van der Waals surface area contributed by atoms with Crippen LogP contribution < -0.4 is 0 Å². The highest BCUT2D eigenvalue weighted by molar-refractivity contribution is 4.80. The standard InChI is InChI=1S/C11H23NO/c1-9(2)12-7-5-4-6-11(12)8-10(3)13/h9-11,13H,4-8H2,1-3H3. The highest BCUT2D eigenvalue weighted by Gasteiger charge is 2.24. The molecule has 1 aliphatic rings. The molecule has 1 aliphatic heterocycles. The predicted molar refractivity (Wildman–Crippen MR) is 55.8 cm³/mol. The Hall–Kier alpha value is -0.0800. The van der Waals surface area contributed by atoms with Crippen LogP contribution in [0.4, 0.5) is 0 Å². The molecule has 2 unspecified atom stereocenters. The van der Waals surface area contributed by atoms with E-state index in [1.165, 1.54) is 25.8 Å². The van der Waals surface area contributed by atoms with E-state index in [0.29, 0.717) is 12.1 Å². The van der Waals surface area contributed by atoms with Crippen molar-refractivity contribution >= 4 is 0 Å². The van der Waals surface area contributed by atoms with Crippen LogP contribution in [0.25, 0.3) is 0 Å². The fourth-order valence-electron chi connectivity index (χ4n) is 2.35. The molecule has 1 fully saturated rings. The molecule has 1 rings (SSSR count). The van der Waals surface area contributed by atoms with Crippen molar-refractivity contribution < 1.29 is 5.11 Å². The molecule has 0 radical (unpaired) electrons. The maximum atomic E-state index is 9.38. The van der Waals surface area contributed by atoms with Crippen LogP contribution in [0.3, 0.4) is 0 Å². The highest BCUT2D eigenvalue weighted by Crippen LogP contribution is 2.22. The van der Waals surface area contributed by atoms with Crippen molar-refractivity contribution in [2.24, 2.45) is 0 Å². The molecule has 78 valence electrons.